The quantitative estimate of drug-likeness (QED) is 0.0346. The van der Waals surface area contributed by atoms with Crippen molar-refractivity contribution in [3.05, 3.63) is 72.9 Å². The number of rotatable bonds is 50. The summed E-state index contributed by atoms with van der Waals surface area (Å²) in [6.07, 6.45) is 70.5. The summed E-state index contributed by atoms with van der Waals surface area (Å²) < 4.78 is 17.4. The Balaban J connectivity index is 4.29. The highest BCUT2D eigenvalue weighted by molar-refractivity contribution is 5.70. The van der Waals surface area contributed by atoms with Crippen LogP contribution in [0, 0.1) is 0 Å². The largest absolute Gasteiger partial charge is 0.462 e. The molecule has 0 aromatic heterocycles. The molecule has 64 heavy (non-hydrogen) atoms. The van der Waals surface area contributed by atoms with Crippen LogP contribution in [0.2, 0.25) is 0 Å². The molecule has 0 rings (SSSR count). The lowest BCUT2D eigenvalue weighted by atomic mass is 10.1. The number of hydrogen-bond acceptors (Lipinski definition) is 5. The average molecular weight is 893 g/mol. The van der Waals surface area contributed by atoms with Gasteiger partial charge in [-0.15, -0.1) is 0 Å². The number of ether oxygens (including phenoxy) is 3. The molecule has 1 atom stereocenters. The summed E-state index contributed by atoms with van der Waals surface area (Å²) in [5.41, 5.74) is 0. The van der Waals surface area contributed by atoms with Gasteiger partial charge in [0.25, 0.3) is 0 Å². The van der Waals surface area contributed by atoms with Crippen LogP contribution < -0.4 is 0 Å². The maximum atomic E-state index is 12.8. The van der Waals surface area contributed by atoms with Gasteiger partial charge < -0.3 is 14.2 Å². The Kier molecular flexibility index (Phi) is 52.4. The van der Waals surface area contributed by atoms with E-state index in [1.165, 1.54) is 161 Å². The molecular weight excluding hydrogens is 789 g/mol. The molecule has 0 aromatic carbocycles. The van der Waals surface area contributed by atoms with Crippen LogP contribution in [-0.4, -0.2) is 37.9 Å². The Bertz CT molecular complexity index is 1150. The van der Waals surface area contributed by atoms with E-state index in [1.54, 1.807) is 0 Å². The van der Waals surface area contributed by atoms with E-state index in [4.69, 9.17) is 14.2 Å². The molecule has 5 heteroatoms. The van der Waals surface area contributed by atoms with Gasteiger partial charge in [0.1, 0.15) is 6.61 Å². The SMILES string of the molecule is CCC/C=C\C/C=C\CCCCCCCCOCC(COC(=O)CCCCCCCCCCC/C=C\C/C=C\CCCCC)OC(=O)CCCCCCC/C=C\C/C=C\CCCCC. The third-order valence-electron chi connectivity index (χ3n) is 11.7. The van der Waals surface area contributed by atoms with Gasteiger partial charge in [-0.2, -0.15) is 0 Å². The number of hydrogen-bond donors (Lipinski definition) is 0. The van der Waals surface area contributed by atoms with Crippen molar-refractivity contribution in [2.75, 3.05) is 19.8 Å². The van der Waals surface area contributed by atoms with E-state index >= 15 is 0 Å². The summed E-state index contributed by atoms with van der Waals surface area (Å²) in [6.45, 7) is 7.69. The molecule has 5 nitrogen and oxygen atoms in total. The van der Waals surface area contributed by atoms with Gasteiger partial charge >= 0.3 is 11.9 Å². The second-order valence-electron chi connectivity index (χ2n) is 18.1. The summed E-state index contributed by atoms with van der Waals surface area (Å²) >= 11 is 0. The number of allylic oxidation sites excluding steroid dienone is 12. The fourth-order valence-corrected chi connectivity index (χ4v) is 7.55. The van der Waals surface area contributed by atoms with Crippen molar-refractivity contribution in [2.45, 2.75) is 271 Å². The van der Waals surface area contributed by atoms with E-state index in [1.807, 2.05) is 0 Å². The topological polar surface area (TPSA) is 61.8 Å². The summed E-state index contributed by atoms with van der Waals surface area (Å²) in [7, 11) is 0. The van der Waals surface area contributed by atoms with Crippen LogP contribution >= 0.6 is 0 Å². The molecule has 0 bridgehead atoms. The van der Waals surface area contributed by atoms with Crippen molar-refractivity contribution < 1.29 is 23.8 Å². The first-order valence-corrected chi connectivity index (χ1v) is 27.5. The minimum Gasteiger partial charge on any atom is -0.462 e. The third kappa shape index (κ3) is 52.0. The van der Waals surface area contributed by atoms with Crippen molar-refractivity contribution in [2.24, 2.45) is 0 Å². The highest BCUT2D eigenvalue weighted by Gasteiger charge is 2.17. The minimum atomic E-state index is -0.553. The van der Waals surface area contributed by atoms with Crippen LogP contribution in [-0.2, 0) is 23.8 Å². The molecule has 0 fully saturated rings. The van der Waals surface area contributed by atoms with Crippen LogP contribution in [0.25, 0.3) is 0 Å². The minimum absolute atomic E-state index is 0.0716. The summed E-state index contributed by atoms with van der Waals surface area (Å²) in [4.78, 5) is 25.5. The molecule has 0 spiro atoms. The maximum absolute atomic E-state index is 12.8. The van der Waals surface area contributed by atoms with Gasteiger partial charge in [0, 0.05) is 19.4 Å². The Morgan fingerprint density at radius 2 is 0.688 bits per heavy atom. The van der Waals surface area contributed by atoms with Crippen LogP contribution in [0.5, 0.6) is 0 Å². The molecule has 0 N–H and O–H groups in total. The predicted octanol–water partition coefficient (Wildman–Crippen LogP) is 18.7. The van der Waals surface area contributed by atoms with Gasteiger partial charge in [0.05, 0.1) is 6.61 Å². The fraction of sp³-hybridized carbons (Fsp3) is 0.763. The fourth-order valence-electron chi connectivity index (χ4n) is 7.55. The molecule has 0 saturated heterocycles. The van der Waals surface area contributed by atoms with Crippen LogP contribution in [0.3, 0.4) is 0 Å². The third-order valence-corrected chi connectivity index (χ3v) is 11.7. The molecule has 1 unspecified atom stereocenters. The Hall–Kier alpha value is -2.66. The Morgan fingerprint density at radius 1 is 0.344 bits per heavy atom. The maximum Gasteiger partial charge on any atom is 0.306 e. The Labute approximate surface area is 397 Å². The van der Waals surface area contributed by atoms with E-state index in [0.717, 1.165) is 70.6 Å². The predicted molar refractivity (Wildman–Crippen MR) is 279 cm³/mol. The summed E-state index contributed by atoms with van der Waals surface area (Å²) in [5, 5.41) is 0. The highest BCUT2D eigenvalue weighted by atomic mass is 16.6. The number of carbonyl (C=O) groups is 2. The second kappa shape index (κ2) is 54.7. The number of esters is 2. The van der Waals surface area contributed by atoms with Crippen LogP contribution in [0.15, 0.2) is 72.9 Å². The highest BCUT2D eigenvalue weighted by Crippen LogP contribution is 2.14. The number of unbranched alkanes of at least 4 members (excludes halogenated alkanes) is 27. The molecule has 0 aliphatic carbocycles. The molecule has 0 saturated carbocycles. The van der Waals surface area contributed by atoms with Crippen molar-refractivity contribution in [1.82, 2.24) is 0 Å². The second-order valence-corrected chi connectivity index (χ2v) is 18.1. The smallest absolute Gasteiger partial charge is 0.306 e. The lowest BCUT2D eigenvalue weighted by molar-refractivity contribution is -0.163. The lowest BCUT2D eigenvalue weighted by Crippen LogP contribution is -2.30. The van der Waals surface area contributed by atoms with Crippen molar-refractivity contribution in [3.8, 4) is 0 Å². The Morgan fingerprint density at radius 3 is 1.09 bits per heavy atom. The van der Waals surface area contributed by atoms with E-state index in [0.29, 0.717) is 19.4 Å². The monoisotopic (exact) mass is 893 g/mol. The standard InChI is InChI=1S/C59H104O5/c1-4-7-10-13-16-19-22-25-28-29-30-31-33-34-37-40-43-46-49-52-58(60)63-56-57(55-62-54-51-48-45-42-39-36-27-24-21-18-15-12-9-6-3)64-59(61)53-50-47-44-41-38-35-32-26-23-20-17-14-11-8-5-2/h12,15-17,19-21,24-26,28,32,57H,4-11,13-14,18,22-23,27,29-31,33-56H2,1-3H3/b15-12-,19-16-,20-17-,24-21-,28-25-,32-26-. The molecule has 0 radical (unpaired) electrons. The molecule has 0 aliphatic rings. The van der Waals surface area contributed by atoms with Gasteiger partial charge in [-0.25, -0.2) is 0 Å². The molecule has 0 amide bonds. The zero-order valence-corrected chi connectivity index (χ0v) is 42.5. The zero-order valence-electron chi connectivity index (χ0n) is 42.5. The first-order valence-electron chi connectivity index (χ1n) is 27.5. The van der Waals surface area contributed by atoms with E-state index in [9.17, 15) is 9.59 Å². The first kappa shape index (κ1) is 61.3. The molecular formula is C59H104O5. The molecule has 0 aliphatic heterocycles. The van der Waals surface area contributed by atoms with E-state index < -0.39 is 6.10 Å². The van der Waals surface area contributed by atoms with Crippen molar-refractivity contribution >= 4 is 11.9 Å². The molecule has 0 heterocycles. The van der Waals surface area contributed by atoms with Gasteiger partial charge in [-0.05, 0) is 109 Å². The van der Waals surface area contributed by atoms with Gasteiger partial charge in [0.2, 0.25) is 0 Å². The summed E-state index contributed by atoms with van der Waals surface area (Å²) in [5.74, 6) is -0.419. The van der Waals surface area contributed by atoms with Crippen LogP contribution in [0.4, 0.5) is 0 Å². The zero-order chi connectivity index (χ0) is 46.3. The first-order chi connectivity index (χ1) is 31.6. The summed E-state index contributed by atoms with van der Waals surface area (Å²) in [6, 6.07) is 0. The number of carbonyl (C=O) groups excluding carboxylic acids is 2. The van der Waals surface area contributed by atoms with E-state index in [-0.39, 0.29) is 25.2 Å². The van der Waals surface area contributed by atoms with Gasteiger partial charge in [-0.3, -0.25) is 9.59 Å². The van der Waals surface area contributed by atoms with Gasteiger partial charge in [-0.1, -0.05) is 216 Å². The van der Waals surface area contributed by atoms with Crippen molar-refractivity contribution in [3.63, 3.8) is 0 Å². The van der Waals surface area contributed by atoms with Crippen LogP contribution in [0.1, 0.15) is 265 Å². The molecule has 370 valence electrons. The lowest BCUT2D eigenvalue weighted by Gasteiger charge is -2.18. The van der Waals surface area contributed by atoms with Crippen molar-refractivity contribution in [1.29, 1.82) is 0 Å². The molecule has 0 aromatic rings. The van der Waals surface area contributed by atoms with Gasteiger partial charge in [0.15, 0.2) is 6.10 Å². The average Bonchev–Trinajstić information content (AvgIpc) is 3.30. The normalized spacial score (nSPS) is 12.7. The van der Waals surface area contributed by atoms with E-state index in [2.05, 4.69) is 93.7 Å².